The molecule has 0 aliphatic heterocycles. The van der Waals surface area contributed by atoms with Gasteiger partial charge in [0.05, 0.1) is 5.56 Å². The van der Waals surface area contributed by atoms with E-state index in [0.717, 1.165) is 18.8 Å². The van der Waals surface area contributed by atoms with Crippen molar-refractivity contribution in [3.63, 3.8) is 0 Å². The molecule has 0 heterocycles. The maximum atomic E-state index is 12.7. The van der Waals surface area contributed by atoms with Crippen molar-refractivity contribution in [1.29, 1.82) is 0 Å². The number of esters is 1. The molecular weight excluding hydrogens is 485 g/mol. The van der Waals surface area contributed by atoms with Crippen molar-refractivity contribution in [2.75, 3.05) is 0 Å². The summed E-state index contributed by atoms with van der Waals surface area (Å²) in [6.07, 6.45) is 12.3. The Morgan fingerprint density at radius 3 is 2.19 bits per heavy atom. The van der Waals surface area contributed by atoms with Gasteiger partial charge in [0.25, 0.3) is 0 Å². The van der Waals surface area contributed by atoms with Crippen LogP contribution in [0.15, 0.2) is 54.6 Å². The van der Waals surface area contributed by atoms with Crippen LogP contribution in [0.3, 0.4) is 0 Å². The number of hydrogen-bond donors (Lipinski definition) is 0. The molecule has 0 saturated carbocycles. The minimum Gasteiger partial charge on any atom is -0.423 e. The van der Waals surface area contributed by atoms with Gasteiger partial charge in [-0.2, -0.15) is 0 Å². The molecule has 0 aromatic heterocycles. The number of carbonyl (C=O) groups is 1. The highest BCUT2D eigenvalue weighted by atomic mass is 28.3. The van der Waals surface area contributed by atoms with Crippen LogP contribution >= 0.6 is 0 Å². The second-order valence-electron chi connectivity index (χ2n) is 13.2. The zero-order valence-electron chi connectivity index (χ0n) is 24.4. The summed E-state index contributed by atoms with van der Waals surface area (Å²) in [6.45, 7) is 14.9. The molecule has 0 fully saturated rings. The normalized spacial score (nSPS) is 16.4. The van der Waals surface area contributed by atoms with E-state index in [1.807, 2.05) is 24.3 Å². The molecule has 1 atom stereocenters. The van der Waals surface area contributed by atoms with Gasteiger partial charge < -0.3 is 4.74 Å². The Balaban J connectivity index is 1.43. The third-order valence-electron chi connectivity index (χ3n) is 7.96. The second-order valence-corrected chi connectivity index (χ2v) is 24.2. The molecule has 0 saturated heterocycles. The Labute approximate surface area is 228 Å². The fourth-order valence-corrected chi connectivity index (χ4v) is 12.5. The highest BCUT2D eigenvalue weighted by Crippen LogP contribution is 2.33. The van der Waals surface area contributed by atoms with Crippen LogP contribution in [0.1, 0.15) is 73.4 Å². The number of carbonyl (C=O) groups excluding carboxylic acids is 1. The van der Waals surface area contributed by atoms with E-state index < -0.39 is 16.1 Å². The van der Waals surface area contributed by atoms with Crippen molar-refractivity contribution < 1.29 is 9.53 Å². The third kappa shape index (κ3) is 10.4. The van der Waals surface area contributed by atoms with Crippen molar-refractivity contribution in [3.05, 3.63) is 71.3 Å². The first-order valence-corrected chi connectivity index (χ1v) is 21.8. The molecule has 202 valence electrons. The lowest BCUT2D eigenvalue weighted by Crippen LogP contribution is -2.30. The number of unbranched alkanes of at least 4 members (excludes halogenated alkanes) is 1. The number of benzene rings is 2. The van der Waals surface area contributed by atoms with Gasteiger partial charge in [0.2, 0.25) is 0 Å². The molecule has 4 heteroatoms. The van der Waals surface area contributed by atoms with Crippen LogP contribution in [-0.4, -0.2) is 22.1 Å². The summed E-state index contributed by atoms with van der Waals surface area (Å²) < 4.78 is 5.66. The van der Waals surface area contributed by atoms with Crippen molar-refractivity contribution in [2.45, 2.75) is 109 Å². The quantitative estimate of drug-likeness (QED) is 0.111. The van der Waals surface area contributed by atoms with Gasteiger partial charge in [-0.3, -0.25) is 0 Å². The van der Waals surface area contributed by atoms with E-state index in [1.54, 1.807) is 0 Å². The number of rotatable bonds is 13. The summed E-state index contributed by atoms with van der Waals surface area (Å²) in [6, 6.07) is 20.4. The Hall–Kier alpha value is -1.92. The van der Waals surface area contributed by atoms with Crippen molar-refractivity contribution in [2.24, 2.45) is 5.92 Å². The zero-order valence-corrected chi connectivity index (χ0v) is 26.4. The van der Waals surface area contributed by atoms with Gasteiger partial charge in [0, 0.05) is 16.1 Å². The lowest BCUT2D eigenvalue weighted by molar-refractivity contribution is 0.0734. The first kappa shape index (κ1) is 29.6. The molecule has 0 N–H and O–H groups in total. The first-order valence-electron chi connectivity index (χ1n) is 14.7. The summed E-state index contributed by atoms with van der Waals surface area (Å²) in [5.74, 6) is 1.17. The lowest BCUT2D eigenvalue weighted by Gasteiger charge is -2.26. The second kappa shape index (κ2) is 13.8. The zero-order chi connectivity index (χ0) is 26.9. The number of ether oxygens (including phenoxy) is 1. The molecule has 0 bridgehead atoms. The van der Waals surface area contributed by atoms with Crippen LogP contribution < -0.4 is 4.74 Å². The van der Waals surface area contributed by atoms with Gasteiger partial charge in [0.1, 0.15) is 5.75 Å². The van der Waals surface area contributed by atoms with E-state index in [-0.39, 0.29) is 5.97 Å². The van der Waals surface area contributed by atoms with Crippen LogP contribution in [0.2, 0.25) is 50.9 Å². The summed E-state index contributed by atoms with van der Waals surface area (Å²) in [5, 5.41) is 0. The number of aryl methyl sites for hydroxylation is 1. The molecule has 37 heavy (non-hydrogen) atoms. The molecule has 0 amide bonds. The van der Waals surface area contributed by atoms with Crippen LogP contribution in [0, 0.1) is 5.92 Å². The molecule has 2 nitrogen and oxygen atoms in total. The fraction of sp³-hybridized carbons (Fsp3) is 0.545. The smallest absolute Gasteiger partial charge is 0.343 e. The summed E-state index contributed by atoms with van der Waals surface area (Å²) in [7, 11) is -1.99. The predicted molar refractivity (Wildman–Crippen MR) is 166 cm³/mol. The van der Waals surface area contributed by atoms with Crippen molar-refractivity contribution in [1.82, 2.24) is 0 Å². The Bertz CT molecular complexity index is 1010. The summed E-state index contributed by atoms with van der Waals surface area (Å²) >= 11 is 0. The van der Waals surface area contributed by atoms with E-state index in [1.165, 1.54) is 73.4 Å². The van der Waals surface area contributed by atoms with Crippen LogP contribution in [0.5, 0.6) is 5.75 Å². The van der Waals surface area contributed by atoms with Crippen LogP contribution in [0.4, 0.5) is 0 Å². The van der Waals surface area contributed by atoms with Gasteiger partial charge in [0.15, 0.2) is 0 Å². The SMILES string of the molecule is CCCC1CC=C(c2ccc(OC(=O)c3ccc(CCCC[Si](C)(C)CC[Si](C)(C)C)cc3)cc2)CC1. The van der Waals surface area contributed by atoms with Gasteiger partial charge >= 0.3 is 5.97 Å². The van der Waals surface area contributed by atoms with Gasteiger partial charge in [-0.1, -0.05) is 107 Å². The van der Waals surface area contributed by atoms with Gasteiger partial charge in [-0.15, -0.1) is 0 Å². The minimum atomic E-state index is -1.06. The fourth-order valence-electron chi connectivity index (χ4n) is 5.30. The third-order valence-corrected chi connectivity index (χ3v) is 13.5. The number of hydrogen-bond acceptors (Lipinski definition) is 2. The molecule has 0 radical (unpaired) electrons. The minimum absolute atomic E-state index is 0.284. The van der Waals surface area contributed by atoms with E-state index in [9.17, 15) is 4.79 Å². The van der Waals surface area contributed by atoms with Crippen molar-refractivity contribution in [3.8, 4) is 5.75 Å². The Morgan fingerprint density at radius 1 is 0.892 bits per heavy atom. The average molecular weight is 535 g/mol. The first-order chi connectivity index (χ1) is 17.5. The average Bonchev–Trinajstić information content (AvgIpc) is 2.87. The summed E-state index contributed by atoms with van der Waals surface area (Å²) in [4.78, 5) is 12.7. The lowest BCUT2D eigenvalue weighted by atomic mass is 9.84. The standard InChI is InChI=1S/C33H50O2Si2/c1-7-10-27-12-16-29(17-13-27)30-20-22-32(23-21-30)35-33(34)31-18-14-28(15-19-31)11-8-9-24-37(5,6)26-25-36(2,3)4/h14-16,18-23,27H,7-13,17,24-26H2,1-6H3. The molecular formula is C33H50O2Si2. The molecule has 3 rings (SSSR count). The maximum absolute atomic E-state index is 12.7. The monoisotopic (exact) mass is 534 g/mol. The topological polar surface area (TPSA) is 26.3 Å². The van der Waals surface area contributed by atoms with Crippen LogP contribution in [-0.2, 0) is 6.42 Å². The molecule has 2 aromatic rings. The molecule has 1 aliphatic rings. The summed E-state index contributed by atoms with van der Waals surface area (Å²) in [5.41, 5.74) is 4.61. The van der Waals surface area contributed by atoms with E-state index in [0.29, 0.717) is 11.3 Å². The highest BCUT2D eigenvalue weighted by Gasteiger charge is 2.24. The molecule has 1 unspecified atom stereocenters. The maximum Gasteiger partial charge on any atom is 0.343 e. The predicted octanol–water partition coefficient (Wildman–Crippen LogP) is 10.3. The molecule has 2 aromatic carbocycles. The van der Waals surface area contributed by atoms with Gasteiger partial charge in [-0.05, 0) is 79.0 Å². The molecule has 0 spiro atoms. The van der Waals surface area contributed by atoms with Crippen LogP contribution in [0.25, 0.3) is 5.57 Å². The Morgan fingerprint density at radius 2 is 1.59 bits per heavy atom. The number of allylic oxidation sites excluding steroid dienone is 2. The van der Waals surface area contributed by atoms with Gasteiger partial charge in [-0.25, -0.2) is 4.79 Å². The van der Waals surface area contributed by atoms with E-state index in [2.05, 4.69) is 70.0 Å². The van der Waals surface area contributed by atoms with Crippen molar-refractivity contribution >= 4 is 27.7 Å². The highest BCUT2D eigenvalue weighted by molar-refractivity contribution is 6.82. The largest absolute Gasteiger partial charge is 0.423 e. The molecule has 1 aliphatic carbocycles. The Kier molecular flexibility index (Phi) is 11.0. The van der Waals surface area contributed by atoms with E-state index in [4.69, 9.17) is 4.74 Å². The van der Waals surface area contributed by atoms with E-state index >= 15 is 0 Å².